The second-order valence-corrected chi connectivity index (χ2v) is 4.50. The topological polar surface area (TPSA) is 42.0 Å². The number of aryl methyl sites for hydroxylation is 1. The van der Waals surface area contributed by atoms with Crippen LogP contribution in [0, 0.1) is 12.7 Å². The van der Waals surface area contributed by atoms with Gasteiger partial charge in [0.25, 0.3) is 0 Å². The number of nitrogens with zero attached hydrogens (tertiary/aromatic N) is 1. The summed E-state index contributed by atoms with van der Waals surface area (Å²) in [7, 11) is 0. The Hall–Kier alpha value is -1.94. The molecule has 98 valence electrons. The van der Waals surface area contributed by atoms with Crippen LogP contribution in [0.25, 0.3) is 0 Å². The summed E-state index contributed by atoms with van der Waals surface area (Å²) in [6, 6.07) is 7.94. The fourth-order valence-electron chi connectivity index (χ4n) is 1.65. The van der Waals surface area contributed by atoms with Crippen LogP contribution in [0.5, 0.6) is 0 Å². The van der Waals surface area contributed by atoms with E-state index < -0.39 is 5.82 Å². The van der Waals surface area contributed by atoms with Gasteiger partial charge in [0.05, 0.1) is 6.42 Å². The van der Waals surface area contributed by atoms with Gasteiger partial charge in [-0.05, 0) is 30.7 Å². The molecular formula is C14H12ClFN2O. The van der Waals surface area contributed by atoms with Crippen LogP contribution in [0.2, 0.25) is 5.02 Å². The lowest BCUT2D eigenvalue weighted by molar-refractivity contribution is -0.115. The van der Waals surface area contributed by atoms with Crippen LogP contribution in [0.3, 0.4) is 0 Å². The van der Waals surface area contributed by atoms with Gasteiger partial charge in [-0.2, -0.15) is 0 Å². The van der Waals surface area contributed by atoms with Gasteiger partial charge in [0.1, 0.15) is 11.6 Å². The van der Waals surface area contributed by atoms with Gasteiger partial charge in [0, 0.05) is 16.8 Å². The minimum Gasteiger partial charge on any atom is -0.310 e. The number of nitrogens with one attached hydrogen (secondary N) is 1. The third-order valence-electron chi connectivity index (χ3n) is 2.67. The van der Waals surface area contributed by atoms with Crippen molar-refractivity contribution in [1.82, 2.24) is 4.98 Å². The van der Waals surface area contributed by atoms with Gasteiger partial charge in [-0.15, -0.1) is 0 Å². The summed E-state index contributed by atoms with van der Waals surface area (Å²) >= 11 is 5.87. The SMILES string of the molecule is Cc1cccnc1NC(=O)Cc1c(F)cccc1Cl. The van der Waals surface area contributed by atoms with Crippen LogP contribution >= 0.6 is 11.6 Å². The number of carbonyl (C=O) groups excluding carboxylic acids is 1. The molecule has 1 amide bonds. The summed E-state index contributed by atoms with van der Waals surface area (Å²) in [4.78, 5) is 15.9. The lowest BCUT2D eigenvalue weighted by Gasteiger charge is -2.08. The molecule has 3 nitrogen and oxygen atoms in total. The second kappa shape index (κ2) is 5.80. The van der Waals surface area contributed by atoms with Crippen molar-refractivity contribution in [3.8, 4) is 0 Å². The molecule has 1 N–H and O–H groups in total. The van der Waals surface area contributed by atoms with Gasteiger partial charge < -0.3 is 5.32 Å². The summed E-state index contributed by atoms with van der Waals surface area (Å²) in [5, 5.41) is 2.88. The smallest absolute Gasteiger partial charge is 0.230 e. The summed E-state index contributed by atoms with van der Waals surface area (Å²) in [6.45, 7) is 1.83. The van der Waals surface area contributed by atoms with Crippen LogP contribution in [-0.4, -0.2) is 10.9 Å². The average Bonchev–Trinajstić information content (AvgIpc) is 2.37. The third-order valence-corrected chi connectivity index (χ3v) is 3.02. The van der Waals surface area contributed by atoms with Crippen LogP contribution in [0.4, 0.5) is 10.2 Å². The van der Waals surface area contributed by atoms with Crippen LogP contribution in [-0.2, 0) is 11.2 Å². The lowest BCUT2D eigenvalue weighted by atomic mass is 10.1. The quantitative estimate of drug-likeness (QED) is 0.935. The number of pyridine rings is 1. The number of amides is 1. The van der Waals surface area contributed by atoms with Gasteiger partial charge in [-0.25, -0.2) is 9.37 Å². The monoisotopic (exact) mass is 278 g/mol. The van der Waals surface area contributed by atoms with Gasteiger partial charge in [0.15, 0.2) is 0 Å². The molecule has 0 saturated carbocycles. The number of aromatic nitrogens is 1. The minimum atomic E-state index is -0.486. The molecule has 0 atom stereocenters. The number of carbonyl (C=O) groups is 1. The molecule has 0 fully saturated rings. The molecular weight excluding hydrogens is 267 g/mol. The first-order valence-electron chi connectivity index (χ1n) is 5.72. The van der Waals surface area contributed by atoms with Crippen LogP contribution in [0.1, 0.15) is 11.1 Å². The van der Waals surface area contributed by atoms with E-state index in [0.717, 1.165) is 5.56 Å². The fourth-order valence-corrected chi connectivity index (χ4v) is 1.88. The van der Waals surface area contributed by atoms with Crippen molar-refractivity contribution in [1.29, 1.82) is 0 Å². The van der Waals surface area contributed by atoms with E-state index in [1.54, 1.807) is 18.3 Å². The number of benzene rings is 1. The lowest BCUT2D eigenvalue weighted by Crippen LogP contribution is -2.17. The first kappa shape index (κ1) is 13.5. The Morgan fingerprint density at radius 1 is 1.37 bits per heavy atom. The van der Waals surface area contributed by atoms with E-state index in [1.165, 1.54) is 12.1 Å². The van der Waals surface area contributed by atoms with Gasteiger partial charge >= 0.3 is 0 Å². The molecule has 0 aliphatic rings. The Morgan fingerprint density at radius 2 is 2.16 bits per heavy atom. The van der Waals surface area contributed by atoms with E-state index in [0.29, 0.717) is 5.82 Å². The maximum Gasteiger partial charge on any atom is 0.230 e. The zero-order valence-corrected chi connectivity index (χ0v) is 11.0. The van der Waals surface area contributed by atoms with Crippen molar-refractivity contribution in [3.05, 3.63) is 58.5 Å². The third kappa shape index (κ3) is 3.29. The average molecular weight is 279 g/mol. The van der Waals surface area contributed by atoms with Crippen molar-refractivity contribution in [3.63, 3.8) is 0 Å². The number of hydrogen-bond acceptors (Lipinski definition) is 2. The highest BCUT2D eigenvalue weighted by molar-refractivity contribution is 6.31. The molecule has 0 radical (unpaired) electrons. The van der Waals surface area contributed by atoms with E-state index >= 15 is 0 Å². The predicted molar refractivity (Wildman–Crippen MR) is 72.7 cm³/mol. The van der Waals surface area contributed by atoms with Crippen molar-refractivity contribution in [2.75, 3.05) is 5.32 Å². The van der Waals surface area contributed by atoms with Crippen molar-refractivity contribution in [2.45, 2.75) is 13.3 Å². The molecule has 2 rings (SSSR count). The summed E-state index contributed by atoms with van der Waals surface area (Å²) < 4.78 is 13.5. The molecule has 1 aromatic carbocycles. The standard InChI is InChI=1S/C14H12ClFN2O/c1-9-4-3-7-17-14(9)18-13(19)8-10-11(15)5-2-6-12(10)16/h2-7H,8H2,1H3,(H,17,18,19). The Morgan fingerprint density at radius 3 is 2.84 bits per heavy atom. The second-order valence-electron chi connectivity index (χ2n) is 4.09. The maximum absolute atomic E-state index is 13.5. The summed E-state index contributed by atoms with van der Waals surface area (Å²) in [5.74, 6) is -0.367. The summed E-state index contributed by atoms with van der Waals surface area (Å²) in [6.07, 6.45) is 1.46. The zero-order chi connectivity index (χ0) is 13.8. The molecule has 2 aromatic rings. The molecule has 0 spiro atoms. The molecule has 5 heteroatoms. The Labute approximate surface area is 115 Å². The fraction of sp³-hybridized carbons (Fsp3) is 0.143. The van der Waals surface area contributed by atoms with Crippen LogP contribution in [0.15, 0.2) is 36.5 Å². The van der Waals surface area contributed by atoms with Gasteiger partial charge in [-0.3, -0.25) is 4.79 Å². The number of anilines is 1. The largest absolute Gasteiger partial charge is 0.310 e. The van der Waals surface area contributed by atoms with E-state index in [-0.39, 0.29) is 22.9 Å². The van der Waals surface area contributed by atoms with Gasteiger partial charge in [0.2, 0.25) is 5.91 Å². The highest BCUT2D eigenvalue weighted by Gasteiger charge is 2.12. The highest BCUT2D eigenvalue weighted by atomic mass is 35.5. The Bertz CT molecular complexity index is 596. The molecule has 1 heterocycles. The molecule has 0 aliphatic heterocycles. The first-order valence-corrected chi connectivity index (χ1v) is 6.10. The molecule has 0 aliphatic carbocycles. The minimum absolute atomic E-state index is 0.123. The Balaban J connectivity index is 2.12. The van der Waals surface area contributed by atoms with E-state index in [1.807, 2.05) is 13.0 Å². The van der Waals surface area contributed by atoms with E-state index in [4.69, 9.17) is 11.6 Å². The highest BCUT2D eigenvalue weighted by Crippen LogP contribution is 2.20. The van der Waals surface area contributed by atoms with E-state index in [9.17, 15) is 9.18 Å². The predicted octanol–water partition coefficient (Wildman–Crippen LogP) is 3.36. The van der Waals surface area contributed by atoms with Crippen molar-refractivity contribution >= 4 is 23.3 Å². The van der Waals surface area contributed by atoms with Gasteiger partial charge in [-0.1, -0.05) is 23.7 Å². The normalized spacial score (nSPS) is 10.3. The molecule has 19 heavy (non-hydrogen) atoms. The zero-order valence-electron chi connectivity index (χ0n) is 10.3. The maximum atomic E-state index is 13.5. The molecule has 1 aromatic heterocycles. The Kier molecular flexibility index (Phi) is 4.12. The molecule has 0 bridgehead atoms. The number of rotatable bonds is 3. The van der Waals surface area contributed by atoms with Crippen LogP contribution < -0.4 is 5.32 Å². The van der Waals surface area contributed by atoms with Crippen molar-refractivity contribution in [2.24, 2.45) is 0 Å². The number of halogens is 2. The summed E-state index contributed by atoms with van der Waals surface area (Å²) in [5.41, 5.74) is 1.03. The number of hydrogen-bond donors (Lipinski definition) is 1. The molecule has 0 saturated heterocycles. The first-order chi connectivity index (χ1) is 9.08. The molecule has 0 unspecified atom stereocenters. The van der Waals surface area contributed by atoms with Crippen molar-refractivity contribution < 1.29 is 9.18 Å². The van der Waals surface area contributed by atoms with E-state index in [2.05, 4.69) is 10.3 Å².